The molecule has 3 nitrogen and oxygen atoms in total. The molecule has 1 aromatic rings. The van der Waals surface area contributed by atoms with Gasteiger partial charge < -0.3 is 5.73 Å². The van der Waals surface area contributed by atoms with Crippen molar-refractivity contribution in [2.75, 3.05) is 32.7 Å². The van der Waals surface area contributed by atoms with Gasteiger partial charge in [-0.3, -0.25) is 9.80 Å². The molecule has 0 amide bonds. The third-order valence-corrected chi connectivity index (χ3v) is 3.39. The minimum absolute atomic E-state index is 0.430. The Bertz CT molecular complexity index is 311. The summed E-state index contributed by atoms with van der Waals surface area (Å²) in [5.41, 5.74) is 7.10. The number of hydrogen-bond donors (Lipinski definition) is 1. The molecule has 2 N–H and O–H groups in total. The zero-order valence-electron chi connectivity index (χ0n) is 10.7. The molecule has 1 aromatic carbocycles. The van der Waals surface area contributed by atoms with Gasteiger partial charge in [-0.25, -0.2) is 0 Å². The summed E-state index contributed by atoms with van der Waals surface area (Å²) in [6.07, 6.45) is 1.64. The van der Waals surface area contributed by atoms with E-state index in [4.69, 9.17) is 5.73 Å². The van der Waals surface area contributed by atoms with E-state index in [1.165, 1.54) is 18.5 Å². The van der Waals surface area contributed by atoms with E-state index in [0.717, 1.165) is 26.2 Å². The summed E-state index contributed by atoms with van der Waals surface area (Å²) in [5.74, 6) is 0. The lowest BCUT2D eigenvalue weighted by Gasteiger charge is -2.30. The fraction of sp³-hybridized carbons (Fsp3) is 0.571. The van der Waals surface area contributed by atoms with E-state index in [-0.39, 0.29) is 0 Å². The van der Waals surface area contributed by atoms with E-state index in [2.05, 4.69) is 47.1 Å². The molecule has 17 heavy (non-hydrogen) atoms. The summed E-state index contributed by atoms with van der Waals surface area (Å²) in [6.45, 7) is 7.43. The Labute approximate surface area is 104 Å². The molecule has 1 saturated heterocycles. The molecule has 3 heteroatoms. The maximum atomic E-state index is 5.71. The summed E-state index contributed by atoms with van der Waals surface area (Å²) in [5, 5.41) is 0. The van der Waals surface area contributed by atoms with Crippen LogP contribution in [-0.4, -0.2) is 42.5 Å². The number of nitrogens with zero attached hydrogens (tertiary/aromatic N) is 2. The van der Waals surface area contributed by atoms with Crippen LogP contribution in [0.5, 0.6) is 0 Å². The zero-order chi connectivity index (χ0) is 12.1. The molecule has 1 fully saturated rings. The Morgan fingerprint density at radius 2 is 1.76 bits per heavy atom. The number of hydrogen-bond acceptors (Lipinski definition) is 3. The van der Waals surface area contributed by atoms with Crippen molar-refractivity contribution in [1.29, 1.82) is 0 Å². The van der Waals surface area contributed by atoms with Crippen LogP contribution in [-0.2, 0) is 0 Å². The van der Waals surface area contributed by atoms with E-state index in [9.17, 15) is 0 Å². The van der Waals surface area contributed by atoms with Gasteiger partial charge in [0.25, 0.3) is 0 Å². The third kappa shape index (κ3) is 2.86. The van der Waals surface area contributed by atoms with Gasteiger partial charge in [-0.2, -0.15) is 0 Å². The van der Waals surface area contributed by atoms with Crippen LogP contribution in [0.1, 0.15) is 25.1 Å². The molecule has 0 spiro atoms. The molecule has 0 aromatic heterocycles. The first-order chi connectivity index (χ1) is 8.36. The summed E-state index contributed by atoms with van der Waals surface area (Å²) in [7, 11) is 0. The number of nitrogens with two attached hydrogens (primary N) is 1. The van der Waals surface area contributed by atoms with Gasteiger partial charge in [0.05, 0.1) is 6.17 Å². The van der Waals surface area contributed by atoms with Gasteiger partial charge in [0.1, 0.15) is 0 Å². The van der Waals surface area contributed by atoms with Crippen molar-refractivity contribution in [2.45, 2.75) is 19.5 Å². The predicted molar refractivity (Wildman–Crippen MR) is 71.7 cm³/mol. The lowest BCUT2D eigenvalue weighted by molar-refractivity contribution is 0.140. The molecule has 0 radical (unpaired) electrons. The van der Waals surface area contributed by atoms with Crippen molar-refractivity contribution in [1.82, 2.24) is 9.80 Å². The lowest BCUT2D eigenvalue weighted by Crippen LogP contribution is -2.34. The van der Waals surface area contributed by atoms with Crippen LogP contribution in [0.15, 0.2) is 30.3 Å². The van der Waals surface area contributed by atoms with Crippen molar-refractivity contribution in [3.05, 3.63) is 35.9 Å². The molecule has 94 valence electrons. The van der Waals surface area contributed by atoms with Crippen LogP contribution in [0.2, 0.25) is 0 Å². The number of rotatable bonds is 5. The maximum Gasteiger partial charge on any atom is 0.0887 e. The topological polar surface area (TPSA) is 32.5 Å². The zero-order valence-corrected chi connectivity index (χ0v) is 10.7. The van der Waals surface area contributed by atoms with Gasteiger partial charge in [-0.15, -0.1) is 0 Å². The summed E-state index contributed by atoms with van der Waals surface area (Å²) < 4.78 is 0. The van der Waals surface area contributed by atoms with Crippen LogP contribution in [0.25, 0.3) is 0 Å². The molecule has 1 heterocycles. The Kier molecular flexibility index (Phi) is 4.54. The fourth-order valence-corrected chi connectivity index (χ4v) is 2.70. The Hall–Kier alpha value is -0.900. The normalized spacial score (nSPS) is 22.1. The van der Waals surface area contributed by atoms with Crippen LogP contribution in [0.4, 0.5) is 0 Å². The van der Waals surface area contributed by atoms with Crippen molar-refractivity contribution in [3.8, 4) is 0 Å². The van der Waals surface area contributed by atoms with Gasteiger partial charge in [0.15, 0.2) is 0 Å². The second-order valence-electron chi connectivity index (χ2n) is 4.64. The van der Waals surface area contributed by atoms with Crippen molar-refractivity contribution in [2.24, 2.45) is 5.73 Å². The van der Waals surface area contributed by atoms with Crippen LogP contribution < -0.4 is 5.73 Å². The maximum absolute atomic E-state index is 5.71. The first kappa shape index (κ1) is 12.6. The van der Waals surface area contributed by atoms with Gasteiger partial charge in [-0.1, -0.05) is 37.3 Å². The lowest BCUT2D eigenvalue weighted by atomic mass is 10.1. The van der Waals surface area contributed by atoms with E-state index < -0.39 is 0 Å². The van der Waals surface area contributed by atoms with E-state index in [0.29, 0.717) is 6.17 Å². The molecule has 1 aliphatic heterocycles. The van der Waals surface area contributed by atoms with Crippen LogP contribution in [0.3, 0.4) is 0 Å². The van der Waals surface area contributed by atoms with Gasteiger partial charge in [-0.05, 0) is 18.5 Å². The molecule has 0 bridgehead atoms. The van der Waals surface area contributed by atoms with Gasteiger partial charge >= 0.3 is 0 Å². The van der Waals surface area contributed by atoms with E-state index >= 15 is 0 Å². The highest BCUT2D eigenvalue weighted by Crippen LogP contribution is 2.29. The smallest absolute Gasteiger partial charge is 0.0887 e. The highest BCUT2D eigenvalue weighted by Gasteiger charge is 2.31. The SMILES string of the molecule is CCCN1CCN(CCN)C1c1ccccc1. The van der Waals surface area contributed by atoms with Crippen molar-refractivity contribution >= 4 is 0 Å². The minimum atomic E-state index is 0.430. The number of benzene rings is 1. The Morgan fingerprint density at radius 3 is 2.35 bits per heavy atom. The Balaban J connectivity index is 2.17. The standard InChI is InChI=1S/C14H23N3/c1-2-9-16-11-12-17(10-8-15)14(16)13-6-4-3-5-7-13/h3-7,14H,2,8-12,15H2,1H3. The monoisotopic (exact) mass is 233 g/mol. The largest absolute Gasteiger partial charge is 0.329 e. The third-order valence-electron chi connectivity index (χ3n) is 3.39. The second kappa shape index (κ2) is 6.15. The summed E-state index contributed by atoms with van der Waals surface area (Å²) in [4.78, 5) is 5.05. The first-order valence-electron chi connectivity index (χ1n) is 6.60. The van der Waals surface area contributed by atoms with Crippen molar-refractivity contribution in [3.63, 3.8) is 0 Å². The van der Waals surface area contributed by atoms with E-state index in [1.54, 1.807) is 0 Å². The first-order valence-corrected chi connectivity index (χ1v) is 6.60. The predicted octanol–water partition coefficient (Wildman–Crippen LogP) is 1.67. The van der Waals surface area contributed by atoms with Gasteiger partial charge in [0, 0.05) is 26.2 Å². The second-order valence-corrected chi connectivity index (χ2v) is 4.64. The summed E-state index contributed by atoms with van der Waals surface area (Å²) >= 11 is 0. The minimum Gasteiger partial charge on any atom is -0.329 e. The van der Waals surface area contributed by atoms with E-state index in [1.807, 2.05) is 0 Å². The van der Waals surface area contributed by atoms with Crippen LogP contribution in [0, 0.1) is 0 Å². The van der Waals surface area contributed by atoms with Crippen molar-refractivity contribution < 1.29 is 0 Å². The molecule has 0 aliphatic carbocycles. The fourth-order valence-electron chi connectivity index (χ4n) is 2.70. The molecule has 1 atom stereocenters. The molecule has 2 rings (SSSR count). The average Bonchev–Trinajstić information content (AvgIpc) is 2.74. The quantitative estimate of drug-likeness (QED) is 0.839. The summed E-state index contributed by atoms with van der Waals surface area (Å²) in [6, 6.07) is 10.8. The highest BCUT2D eigenvalue weighted by molar-refractivity contribution is 5.19. The molecular formula is C14H23N3. The van der Waals surface area contributed by atoms with Gasteiger partial charge in [0.2, 0.25) is 0 Å². The highest BCUT2D eigenvalue weighted by atomic mass is 15.4. The van der Waals surface area contributed by atoms with Crippen LogP contribution >= 0.6 is 0 Å². The average molecular weight is 233 g/mol. The molecule has 1 unspecified atom stereocenters. The molecule has 0 saturated carbocycles. The Morgan fingerprint density at radius 1 is 1.12 bits per heavy atom. The molecule has 1 aliphatic rings. The molecular weight excluding hydrogens is 210 g/mol.